The molecule has 1 aromatic carbocycles. The van der Waals surface area contributed by atoms with Gasteiger partial charge in [0.25, 0.3) is 0 Å². The summed E-state index contributed by atoms with van der Waals surface area (Å²) in [4.78, 5) is 6.24. The summed E-state index contributed by atoms with van der Waals surface area (Å²) in [7, 11) is 1.75. The first-order valence-electron chi connectivity index (χ1n) is 8.25. The SMILES string of the molecule is CN=C(NCc1ccc(N2CCOCC2)c(F)c1)NC1CC1C.I. The van der Waals surface area contributed by atoms with Crippen molar-refractivity contribution in [3.8, 4) is 0 Å². The molecule has 0 spiro atoms. The molecule has 1 saturated carbocycles. The highest BCUT2D eigenvalue weighted by Crippen LogP contribution is 2.28. The van der Waals surface area contributed by atoms with Gasteiger partial charge in [0.05, 0.1) is 18.9 Å². The molecule has 1 aliphatic carbocycles. The largest absolute Gasteiger partial charge is 0.378 e. The van der Waals surface area contributed by atoms with Gasteiger partial charge in [0, 0.05) is 32.7 Å². The minimum Gasteiger partial charge on any atom is -0.378 e. The van der Waals surface area contributed by atoms with Crippen LogP contribution in [0.2, 0.25) is 0 Å². The van der Waals surface area contributed by atoms with Crippen LogP contribution in [0.4, 0.5) is 10.1 Å². The lowest BCUT2D eigenvalue weighted by Gasteiger charge is -2.29. The molecule has 134 valence electrons. The zero-order chi connectivity index (χ0) is 16.2. The Kier molecular flexibility index (Phi) is 7.09. The average Bonchev–Trinajstić information content (AvgIpc) is 3.27. The van der Waals surface area contributed by atoms with Gasteiger partial charge in [0.1, 0.15) is 5.82 Å². The number of halogens is 2. The van der Waals surface area contributed by atoms with Crippen molar-refractivity contribution in [1.29, 1.82) is 0 Å². The van der Waals surface area contributed by atoms with Crippen molar-refractivity contribution in [2.45, 2.75) is 25.9 Å². The number of anilines is 1. The summed E-state index contributed by atoms with van der Waals surface area (Å²) in [6, 6.07) is 5.94. The van der Waals surface area contributed by atoms with E-state index in [0.29, 0.717) is 37.4 Å². The van der Waals surface area contributed by atoms with Gasteiger partial charge in [-0.3, -0.25) is 4.99 Å². The summed E-state index contributed by atoms with van der Waals surface area (Å²) in [6.07, 6.45) is 1.18. The molecule has 1 heterocycles. The van der Waals surface area contributed by atoms with E-state index in [1.807, 2.05) is 17.0 Å². The van der Waals surface area contributed by atoms with E-state index < -0.39 is 0 Å². The molecule has 0 aromatic heterocycles. The smallest absolute Gasteiger partial charge is 0.191 e. The molecule has 2 fully saturated rings. The number of rotatable bonds is 4. The molecular formula is C17H26FIN4O. The van der Waals surface area contributed by atoms with E-state index in [-0.39, 0.29) is 29.8 Å². The van der Waals surface area contributed by atoms with Crippen molar-refractivity contribution in [1.82, 2.24) is 10.6 Å². The van der Waals surface area contributed by atoms with Gasteiger partial charge in [0.15, 0.2) is 5.96 Å². The summed E-state index contributed by atoms with van der Waals surface area (Å²) in [5, 5.41) is 6.60. The van der Waals surface area contributed by atoms with Gasteiger partial charge >= 0.3 is 0 Å². The van der Waals surface area contributed by atoms with Gasteiger partial charge in [-0.2, -0.15) is 0 Å². The molecule has 0 bridgehead atoms. The molecule has 5 nitrogen and oxygen atoms in total. The number of guanidine groups is 1. The Morgan fingerprint density at radius 3 is 2.67 bits per heavy atom. The zero-order valence-corrected chi connectivity index (χ0v) is 16.5. The summed E-state index contributed by atoms with van der Waals surface area (Å²) in [5.41, 5.74) is 1.57. The van der Waals surface area contributed by atoms with Gasteiger partial charge in [-0.05, 0) is 30.0 Å². The first kappa shape index (κ1) is 19.2. The highest BCUT2D eigenvalue weighted by molar-refractivity contribution is 14.0. The summed E-state index contributed by atoms with van der Waals surface area (Å²) in [6.45, 7) is 5.57. The van der Waals surface area contributed by atoms with E-state index in [0.717, 1.165) is 24.6 Å². The van der Waals surface area contributed by atoms with Crippen LogP contribution in [-0.4, -0.2) is 45.4 Å². The fraction of sp³-hybridized carbons (Fsp3) is 0.588. The maximum atomic E-state index is 14.4. The topological polar surface area (TPSA) is 48.9 Å². The lowest BCUT2D eigenvalue weighted by Crippen LogP contribution is -2.38. The van der Waals surface area contributed by atoms with Crippen LogP contribution in [0, 0.1) is 11.7 Å². The number of nitrogens with one attached hydrogen (secondary N) is 2. The van der Waals surface area contributed by atoms with E-state index in [2.05, 4.69) is 22.5 Å². The summed E-state index contributed by atoms with van der Waals surface area (Å²) >= 11 is 0. The molecule has 7 heteroatoms. The number of hydrogen-bond donors (Lipinski definition) is 2. The van der Waals surface area contributed by atoms with E-state index in [1.165, 1.54) is 6.42 Å². The third-order valence-corrected chi connectivity index (χ3v) is 4.48. The Hall–Kier alpha value is -1.09. The number of benzene rings is 1. The molecule has 1 aromatic rings. The van der Waals surface area contributed by atoms with E-state index >= 15 is 0 Å². The molecule has 2 N–H and O–H groups in total. The van der Waals surface area contributed by atoms with Gasteiger partial charge < -0.3 is 20.3 Å². The van der Waals surface area contributed by atoms with Crippen molar-refractivity contribution in [3.63, 3.8) is 0 Å². The number of ether oxygens (including phenoxy) is 1. The molecule has 1 saturated heterocycles. The van der Waals surface area contributed by atoms with Crippen LogP contribution < -0.4 is 15.5 Å². The molecular weight excluding hydrogens is 422 g/mol. The van der Waals surface area contributed by atoms with Crippen molar-refractivity contribution in [2.75, 3.05) is 38.3 Å². The third-order valence-electron chi connectivity index (χ3n) is 4.48. The average molecular weight is 448 g/mol. The van der Waals surface area contributed by atoms with Crippen LogP contribution in [0.5, 0.6) is 0 Å². The van der Waals surface area contributed by atoms with Crippen LogP contribution in [0.15, 0.2) is 23.2 Å². The van der Waals surface area contributed by atoms with Crippen LogP contribution >= 0.6 is 24.0 Å². The zero-order valence-electron chi connectivity index (χ0n) is 14.2. The van der Waals surface area contributed by atoms with Crippen molar-refractivity contribution >= 4 is 35.6 Å². The van der Waals surface area contributed by atoms with Gasteiger partial charge in [-0.25, -0.2) is 4.39 Å². The Balaban J connectivity index is 0.00000208. The molecule has 2 atom stereocenters. The van der Waals surface area contributed by atoms with Crippen molar-refractivity contribution in [2.24, 2.45) is 10.9 Å². The molecule has 3 rings (SSSR count). The van der Waals surface area contributed by atoms with Gasteiger partial charge in [-0.15, -0.1) is 24.0 Å². The molecule has 2 aliphatic rings. The van der Waals surface area contributed by atoms with Crippen LogP contribution in [-0.2, 0) is 11.3 Å². The highest BCUT2D eigenvalue weighted by atomic mass is 127. The normalized spacial score (nSPS) is 23.5. The first-order chi connectivity index (χ1) is 11.2. The summed E-state index contributed by atoms with van der Waals surface area (Å²) in [5.74, 6) is 1.31. The minimum atomic E-state index is -0.176. The Morgan fingerprint density at radius 2 is 2.08 bits per heavy atom. The maximum Gasteiger partial charge on any atom is 0.191 e. The number of aliphatic imine (C=N–C) groups is 1. The van der Waals surface area contributed by atoms with Crippen LogP contribution in [0.3, 0.4) is 0 Å². The molecule has 2 unspecified atom stereocenters. The fourth-order valence-electron chi connectivity index (χ4n) is 2.80. The molecule has 0 radical (unpaired) electrons. The second kappa shape index (κ2) is 8.84. The van der Waals surface area contributed by atoms with Crippen molar-refractivity contribution in [3.05, 3.63) is 29.6 Å². The van der Waals surface area contributed by atoms with Gasteiger partial charge in [-0.1, -0.05) is 13.0 Å². The highest BCUT2D eigenvalue weighted by Gasteiger charge is 2.33. The minimum absolute atomic E-state index is 0. The Morgan fingerprint density at radius 1 is 1.38 bits per heavy atom. The second-order valence-corrected chi connectivity index (χ2v) is 6.27. The molecule has 1 aliphatic heterocycles. The Labute approximate surface area is 160 Å². The van der Waals surface area contributed by atoms with Crippen molar-refractivity contribution < 1.29 is 9.13 Å². The standard InChI is InChI=1S/C17H25FN4O.HI/c1-12-9-15(12)21-17(19-2)20-11-13-3-4-16(14(18)10-13)22-5-7-23-8-6-22;/h3-4,10,12,15H,5-9,11H2,1-2H3,(H2,19,20,21);1H. The predicted octanol–water partition coefficient (Wildman–Crippen LogP) is 2.35. The number of nitrogens with zero attached hydrogens (tertiary/aromatic N) is 2. The molecule has 24 heavy (non-hydrogen) atoms. The van der Waals surface area contributed by atoms with E-state index in [1.54, 1.807) is 13.1 Å². The van der Waals surface area contributed by atoms with E-state index in [9.17, 15) is 4.39 Å². The quantitative estimate of drug-likeness (QED) is 0.422. The van der Waals surface area contributed by atoms with Crippen LogP contribution in [0.1, 0.15) is 18.9 Å². The lowest BCUT2D eigenvalue weighted by molar-refractivity contribution is 0.122. The third kappa shape index (κ3) is 4.95. The fourth-order valence-corrected chi connectivity index (χ4v) is 2.80. The monoisotopic (exact) mass is 448 g/mol. The number of hydrogen-bond acceptors (Lipinski definition) is 3. The molecule has 0 amide bonds. The lowest BCUT2D eigenvalue weighted by atomic mass is 10.1. The second-order valence-electron chi connectivity index (χ2n) is 6.27. The van der Waals surface area contributed by atoms with Crippen LogP contribution in [0.25, 0.3) is 0 Å². The first-order valence-corrected chi connectivity index (χ1v) is 8.25. The maximum absolute atomic E-state index is 14.4. The number of morpholine rings is 1. The predicted molar refractivity (Wildman–Crippen MR) is 106 cm³/mol. The van der Waals surface area contributed by atoms with E-state index in [4.69, 9.17) is 4.74 Å². The van der Waals surface area contributed by atoms with Gasteiger partial charge in [0.2, 0.25) is 0 Å². The Bertz CT molecular complexity index is 578. The summed E-state index contributed by atoms with van der Waals surface area (Å²) < 4.78 is 19.7.